The first-order chi connectivity index (χ1) is 14.8. The first kappa shape index (κ1) is 21.2. The van der Waals surface area contributed by atoms with E-state index in [0.29, 0.717) is 16.8 Å². The van der Waals surface area contributed by atoms with Crippen LogP contribution in [0.2, 0.25) is 0 Å². The van der Waals surface area contributed by atoms with Crippen LogP contribution in [0.5, 0.6) is 0 Å². The van der Waals surface area contributed by atoms with Gasteiger partial charge in [-0.2, -0.15) is 5.26 Å². The van der Waals surface area contributed by atoms with Crippen LogP contribution in [0, 0.1) is 11.3 Å². The Hall–Kier alpha value is -3.04. The van der Waals surface area contributed by atoms with Crippen LogP contribution in [0.15, 0.2) is 58.5 Å². The van der Waals surface area contributed by atoms with Crippen LogP contribution in [0.3, 0.4) is 0 Å². The minimum atomic E-state index is -0.394. The van der Waals surface area contributed by atoms with E-state index < -0.39 is 5.56 Å². The molecule has 0 aliphatic carbocycles. The van der Waals surface area contributed by atoms with Crippen LogP contribution in [-0.2, 0) is 6.54 Å². The van der Waals surface area contributed by atoms with Gasteiger partial charge < -0.3 is 9.88 Å². The van der Waals surface area contributed by atoms with Crippen molar-refractivity contribution in [3.05, 3.63) is 75.6 Å². The molecule has 6 heteroatoms. The number of aromatic nitrogens is 2. The molecule has 1 atom stereocenters. The lowest BCUT2D eigenvalue weighted by Crippen LogP contribution is -2.47. The molecule has 4 rings (SSSR count). The molecule has 0 saturated heterocycles. The van der Waals surface area contributed by atoms with Crippen molar-refractivity contribution in [1.82, 2.24) is 9.97 Å². The smallest absolute Gasteiger partial charge is 0.270 e. The average Bonchev–Trinajstić information content (AvgIpc) is 2.76. The third kappa shape index (κ3) is 3.98. The summed E-state index contributed by atoms with van der Waals surface area (Å²) in [6.07, 6.45) is 2.87. The Bertz CT molecular complexity index is 1210. The number of hydrogen-bond acceptors (Lipinski definition) is 5. The van der Waals surface area contributed by atoms with Gasteiger partial charge in [0.1, 0.15) is 11.6 Å². The largest absolute Gasteiger partial charge is 0.362 e. The van der Waals surface area contributed by atoms with Gasteiger partial charge in [-0.15, -0.1) is 0 Å². The number of fused-ring (bicyclic) bond motifs is 1. The van der Waals surface area contributed by atoms with E-state index in [0.717, 1.165) is 18.5 Å². The van der Waals surface area contributed by atoms with Gasteiger partial charge in [-0.3, -0.25) is 4.79 Å². The van der Waals surface area contributed by atoms with Gasteiger partial charge in [-0.1, -0.05) is 55.1 Å². The van der Waals surface area contributed by atoms with Crippen LogP contribution in [0.1, 0.15) is 49.8 Å². The zero-order valence-electron chi connectivity index (χ0n) is 18.3. The van der Waals surface area contributed by atoms with Crippen molar-refractivity contribution in [3.63, 3.8) is 0 Å². The van der Waals surface area contributed by atoms with Crippen molar-refractivity contribution in [2.24, 2.45) is 0 Å². The Morgan fingerprint density at radius 1 is 1.26 bits per heavy atom. The highest BCUT2D eigenvalue weighted by molar-refractivity contribution is 7.98. The third-order valence-corrected chi connectivity index (χ3v) is 6.63. The Kier molecular flexibility index (Phi) is 5.63. The molecule has 0 fully saturated rings. The van der Waals surface area contributed by atoms with Crippen LogP contribution in [0.25, 0.3) is 11.3 Å². The number of nitrogens with zero attached hydrogens (tertiary/aromatic N) is 3. The van der Waals surface area contributed by atoms with E-state index in [1.54, 1.807) is 0 Å². The number of rotatable bonds is 4. The average molecular weight is 431 g/mol. The van der Waals surface area contributed by atoms with E-state index in [4.69, 9.17) is 0 Å². The molecule has 0 spiro atoms. The Morgan fingerprint density at radius 2 is 2.00 bits per heavy atom. The fourth-order valence-electron chi connectivity index (χ4n) is 4.56. The van der Waals surface area contributed by atoms with Gasteiger partial charge in [-0.25, -0.2) is 4.98 Å². The topological polar surface area (TPSA) is 72.8 Å². The maximum atomic E-state index is 12.4. The summed E-state index contributed by atoms with van der Waals surface area (Å²) in [5.74, 6) is 0.351. The molecule has 158 valence electrons. The lowest BCUT2D eigenvalue weighted by atomic mass is 9.79. The molecule has 2 aromatic carbocycles. The summed E-state index contributed by atoms with van der Waals surface area (Å²) in [4.78, 5) is 22.1. The molecule has 1 unspecified atom stereocenters. The molecule has 1 aliphatic rings. The van der Waals surface area contributed by atoms with E-state index >= 15 is 0 Å². The maximum absolute atomic E-state index is 12.4. The van der Waals surface area contributed by atoms with Crippen molar-refractivity contribution in [2.75, 3.05) is 11.2 Å². The van der Waals surface area contributed by atoms with E-state index in [9.17, 15) is 10.1 Å². The van der Waals surface area contributed by atoms with E-state index in [1.807, 2.05) is 24.5 Å². The molecule has 2 heterocycles. The van der Waals surface area contributed by atoms with Gasteiger partial charge in [0.25, 0.3) is 5.56 Å². The highest BCUT2D eigenvalue weighted by Crippen LogP contribution is 2.45. The summed E-state index contributed by atoms with van der Waals surface area (Å²) in [7, 11) is 0. The standard InChI is InChI=1S/C25H26N4OS/c1-16-13-25(2,3)29(15-17-8-6-5-7-9-17)21-11-10-18(12-19(16)21)22-20(14-26)23(30)28-24(27-22)31-4/h5-12,16H,13,15H2,1-4H3,(H,27,28,30). The summed E-state index contributed by atoms with van der Waals surface area (Å²) in [5, 5.41) is 10.1. The van der Waals surface area contributed by atoms with Crippen molar-refractivity contribution >= 4 is 17.4 Å². The minimum absolute atomic E-state index is 0.00968. The minimum Gasteiger partial charge on any atom is -0.362 e. The van der Waals surface area contributed by atoms with Gasteiger partial charge in [0.2, 0.25) is 0 Å². The first-order valence-electron chi connectivity index (χ1n) is 10.4. The van der Waals surface area contributed by atoms with Crippen molar-refractivity contribution in [3.8, 4) is 17.3 Å². The van der Waals surface area contributed by atoms with Crippen molar-refractivity contribution in [1.29, 1.82) is 5.26 Å². The zero-order valence-corrected chi connectivity index (χ0v) is 19.1. The summed E-state index contributed by atoms with van der Waals surface area (Å²) >= 11 is 1.36. The molecule has 0 bridgehead atoms. The van der Waals surface area contributed by atoms with Crippen LogP contribution < -0.4 is 10.5 Å². The summed E-state index contributed by atoms with van der Waals surface area (Å²) in [5.41, 5.74) is 4.63. The number of hydrogen-bond donors (Lipinski definition) is 1. The lowest BCUT2D eigenvalue weighted by molar-refractivity contribution is 0.374. The van der Waals surface area contributed by atoms with Gasteiger partial charge in [0.15, 0.2) is 5.16 Å². The third-order valence-electron chi connectivity index (χ3n) is 6.05. The Balaban J connectivity index is 1.83. The number of nitriles is 1. The SMILES string of the molecule is CSc1nc(-c2ccc3c(c2)C(C)CC(C)(C)N3Cc2ccccc2)c(C#N)c(=O)[nH]1. The fraction of sp³-hybridized carbons (Fsp3) is 0.320. The maximum Gasteiger partial charge on any atom is 0.270 e. The number of aromatic amines is 1. The normalized spacial score (nSPS) is 17.1. The lowest BCUT2D eigenvalue weighted by Gasteiger charge is -2.47. The van der Waals surface area contributed by atoms with E-state index in [-0.39, 0.29) is 11.1 Å². The molecular weight excluding hydrogens is 404 g/mol. The summed E-state index contributed by atoms with van der Waals surface area (Å²) in [6.45, 7) is 7.66. The van der Waals surface area contributed by atoms with E-state index in [2.05, 4.69) is 72.0 Å². The highest BCUT2D eigenvalue weighted by atomic mass is 32.2. The van der Waals surface area contributed by atoms with Crippen LogP contribution >= 0.6 is 11.8 Å². The molecule has 1 aliphatic heterocycles. The Labute approximate surface area is 187 Å². The second kappa shape index (κ2) is 8.24. The quantitative estimate of drug-likeness (QED) is 0.448. The second-order valence-electron chi connectivity index (χ2n) is 8.67. The molecule has 0 amide bonds. The van der Waals surface area contributed by atoms with Crippen LogP contribution in [-0.4, -0.2) is 21.8 Å². The first-order valence-corrected chi connectivity index (χ1v) is 11.6. The predicted molar refractivity (Wildman–Crippen MR) is 127 cm³/mol. The highest BCUT2D eigenvalue weighted by Gasteiger charge is 2.36. The van der Waals surface area contributed by atoms with Crippen molar-refractivity contribution < 1.29 is 0 Å². The van der Waals surface area contributed by atoms with Gasteiger partial charge >= 0.3 is 0 Å². The number of H-pyrrole nitrogens is 1. The number of nitrogens with one attached hydrogen (secondary N) is 1. The molecule has 5 nitrogen and oxygen atoms in total. The van der Waals surface area contributed by atoms with E-state index in [1.165, 1.54) is 28.6 Å². The van der Waals surface area contributed by atoms with Crippen molar-refractivity contribution in [2.45, 2.75) is 50.4 Å². The van der Waals surface area contributed by atoms with Gasteiger partial charge in [-0.05, 0) is 55.7 Å². The monoisotopic (exact) mass is 430 g/mol. The number of anilines is 1. The predicted octanol–water partition coefficient (Wildman–Crippen LogP) is 5.32. The molecule has 0 radical (unpaired) electrons. The van der Waals surface area contributed by atoms with Gasteiger partial charge in [0, 0.05) is 23.3 Å². The molecular formula is C25H26N4OS. The summed E-state index contributed by atoms with van der Waals surface area (Å²) in [6, 6.07) is 18.8. The molecule has 3 aromatic rings. The Morgan fingerprint density at radius 3 is 2.68 bits per heavy atom. The molecule has 1 aromatic heterocycles. The number of thioether (sulfide) groups is 1. The molecule has 31 heavy (non-hydrogen) atoms. The van der Waals surface area contributed by atoms with Gasteiger partial charge in [0.05, 0.1) is 5.69 Å². The zero-order chi connectivity index (χ0) is 22.2. The number of benzene rings is 2. The second-order valence-corrected chi connectivity index (χ2v) is 9.47. The summed E-state index contributed by atoms with van der Waals surface area (Å²) < 4.78 is 0. The molecule has 0 saturated carbocycles. The van der Waals surface area contributed by atoms with Crippen LogP contribution in [0.4, 0.5) is 5.69 Å². The molecule has 1 N–H and O–H groups in total. The fourth-order valence-corrected chi connectivity index (χ4v) is 4.94.